The number of carbonyl (C=O) groups is 1. The summed E-state index contributed by atoms with van der Waals surface area (Å²) >= 11 is 7.64. The first-order valence-corrected chi connectivity index (χ1v) is 11.0. The molecule has 1 amide bonds. The summed E-state index contributed by atoms with van der Waals surface area (Å²) in [7, 11) is 1.61. The lowest BCUT2D eigenvalue weighted by Crippen LogP contribution is -2.35. The van der Waals surface area contributed by atoms with Gasteiger partial charge in [-0.2, -0.15) is 0 Å². The topological polar surface area (TPSA) is 46.6 Å². The summed E-state index contributed by atoms with van der Waals surface area (Å²) in [4.78, 5) is 28.7. The van der Waals surface area contributed by atoms with Crippen LogP contribution in [0.5, 0.6) is 5.75 Å². The Morgan fingerprint density at radius 1 is 1.00 bits per heavy atom. The van der Waals surface area contributed by atoms with Gasteiger partial charge < -0.3 is 4.74 Å². The molecule has 0 bridgehead atoms. The third kappa shape index (κ3) is 3.40. The third-order valence-corrected chi connectivity index (χ3v) is 6.99. The first-order valence-electron chi connectivity index (χ1n) is 9.85. The van der Waals surface area contributed by atoms with Gasteiger partial charge in [-0.05, 0) is 48.0 Å². The molecule has 1 aliphatic heterocycles. The van der Waals surface area contributed by atoms with Crippen LogP contribution in [-0.2, 0) is 4.79 Å². The smallest absolute Gasteiger partial charge is 0.233 e. The van der Waals surface area contributed by atoms with Crippen molar-refractivity contribution in [1.82, 2.24) is 0 Å². The van der Waals surface area contributed by atoms with Crippen LogP contribution in [0.3, 0.4) is 0 Å². The Hall–Kier alpha value is -3.15. The molecule has 154 valence electrons. The second-order valence-corrected chi connectivity index (χ2v) is 8.85. The van der Waals surface area contributed by atoms with E-state index in [0.29, 0.717) is 21.0 Å². The number of rotatable bonds is 3. The lowest BCUT2D eigenvalue weighted by atomic mass is 9.85. The average molecular weight is 448 g/mol. The largest absolute Gasteiger partial charge is 0.497 e. The number of halogens is 1. The molecule has 1 aromatic heterocycles. The van der Waals surface area contributed by atoms with E-state index >= 15 is 0 Å². The van der Waals surface area contributed by atoms with Gasteiger partial charge in [0.15, 0.2) is 5.43 Å². The van der Waals surface area contributed by atoms with E-state index in [0.717, 1.165) is 21.7 Å². The number of ether oxygens (including phenoxy) is 1. The summed E-state index contributed by atoms with van der Waals surface area (Å²) in [5.74, 6) is 0.358. The molecule has 0 fully saturated rings. The molecule has 1 unspecified atom stereocenters. The number of nitrogens with zero attached hydrogens (tertiary/aromatic N) is 1. The quantitative estimate of drug-likeness (QED) is 0.380. The Morgan fingerprint density at radius 2 is 1.74 bits per heavy atom. The number of anilines is 2. The standard InChI is InChI=1S/C25H18ClNO3S/c1-30-18-10-7-15(8-11-18)19-14-22(28)27(17-5-3-2-4-6-17)25-23(19)24(29)20-13-16(26)9-12-21(20)31-25/h2-13,19H,14H2,1H3. The summed E-state index contributed by atoms with van der Waals surface area (Å²) < 4.78 is 6.07. The third-order valence-electron chi connectivity index (χ3n) is 5.58. The van der Waals surface area contributed by atoms with Gasteiger partial charge in [-0.25, -0.2) is 0 Å². The molecule has 0 radical (unpaired) electrons. The fourth-order valence-corrected chi connectivity index (χ4v) is 5.51. The molecule has 1 atom stereocenters. The molecule has 0 N–H and O–H groups in total. The van der Waals surface area contributed by atoms with E-state index in [2.05, 4.69) is 0 Å². The zero-order valence-electron chi connectivity index (χ0n) is 16.7. The van der Waals surface area contributed by atoms with E-state index in [4.69, 9.17) is 16.3 Å². The van der Waals surface area contributed by atoms with Crippen LogP contribution in [0.2, 0.25) is 5.02 Å². The van der Waals surface area contributed by atoms with E-state index in [1.54, 1.807) is 24.1 Å². The van der Waals surface area contributed by atoms with Gasteiger partial charge in [-0.15, -0.1) is 11.3 Å². The number of hydrogen-bond acceptors (Lipinski definition) is 4. The molecule has 0 aliphatic carbocycles. The summed E-state index contributed by atoms with van der Waals surface area (Å²) in [6.45, 7) is 0. The van der Waals surface area contributed by atoms with Gasteiger partial charge in [-0.1, -0.05) is 41.9 Å². The summed E-state index contributed by atoms with van der Waals surface area (Å²) in [6.07, 6.45) is 0.211. The van der Waals surface area contributed by atoms with Gasteiger partial charge in [0.1, 0.15) is 10.8 Å². The zero-order valence-corrected chi connectivity index (χ0v) is 18.2. The van der Waals surface area contributed by atoms with Gasteiger partial charge in [0.2, 0.25) is 5.91 Å². The average Bonchev–Trinajstić information content (AvgIpc) is 2.80. The van der Waals surface area contributed by atoms with Crippen molar-refractivity contribution >= 4 is 49.6 Å². The fraction of sp³-hybridized carbons (Fsp3) is 0.120. The van der Waals surface area contributed by atoms with Gasteiger partial charge in [0.25, 0.3) is 0 Å². The van der Waals surface area contributed by atoms with E-state index < -0.39 is 0 Å². The van der Waals surface area contributed by atoms with Crippen molar-refractivity contribution < 1.29 is 9.53 Å². The Labute approximate surface area is 188 Å². The second kappa shape index (κ2) is 7.84. The van der Waals surface area contributed by atoms with Crippen LogP contribution < -0.4 is 15.1 Å². The van der Waals surface area contributed by atoms with Crippen molar-refractivity contribution in [3.05, 3.63) is 99.2 Å². The van der Waals surface area contributed by atoms with Crippen LogP contribution in [0.15, 0.2) is 77.6 Å². The van der Waals surface area contributed by atoms with Gasteiger partial charge in [-0.3, -0.25) is 14.5 Å². The summed E-state index contributed by atoms with van der Waals surface area (Å²) in [5.41, 5.74) is 2.22. The van der Waals surface area contributed by atoms with Crippen molar-refractivity contribution in [3.8, 4) is 5.75 Å². The van der Waals surface area contributed by atoms with Gasteiger partial charge in [0.05, 0.1) is 7.11 Å². The molecule has 2 heterocycles. The first kappa shape index (κ1) is 19.8. The number of carbonyl (C=O) groups excluding carboxylic acids is 1. The normalized spacial score (nSPS) is 15.7. The van der Waals surface area contributed by atoms with E-state index in [9.17, 15) is 9.59 Å². The van der Waals surface area contributed by atoms with Crippen molar-refractivity contribution in [2.75, 3.05) is 12.0 Å². The highest BCUT2D eigenvalue weighted by Gasteiger charge is 2.36. The number of hydrogen-bond donors (Lipinski definition) is 0. The number of para-hydroxylation sites is 1. The zero-order chi connectivity index (χ0) is 21.5. The van der Waals surface area contributed by atoms with Crippen molar-refractivity contribution in [1.29, 1.82) is 0 Å². The van der Waals surface area contributed by atoms with Crippen molar-refractivity contribution in [2.45, 2.75) is 12.3 Å². The number of methoxy groups -OCH3 is 1. The van der Waals surface area contributed by atoms with Crippen molar-refractivity contribution in [2.24, 2.45) is 0 Å². The molecule has 5 rings (SSSR count). The van der Waals surface area contributed by atoms with E-state index in [1.807, 2.05) is 60.7 Å². The minimum atomic E-state index is -0.333. The molecular weight excluding hydrogens is 430 g/mol. The lowest BCUT2D eigenvalue weighted by Gasteiger charge is -2.33. The molecule has 4 nitrogen and oxygen atoms in total. The molecule has 31 heavy (non-hydrogen) atoms. The Kier molecular flexibility index (Phi) is 5.00. The van der Waals surface area contributed by atoms with Crippen LogP contribution in [0.1, 0.15) is 23.5 Å². The van der Waals surface area contributed by atoms with Crippen LogP contribution in [0.25, 0.3) is 10.1 Å². The molecule has 0 saturated carbocycles. The summed E-state index contributed by atoms with van der Waals surface area (Å²) in [6, 6.07) is 22.3. The van der Waals surface area contributed by atoms with Crippen LogP contribution in [0, 0.1) is 0 Å². The molecule has 6 heteroatoms. The van der Waals surface area contributed by atoms with Crippen LogP contribution in [0.4, 0.5) is 10.7 Å². The summed E-state index contributed by atoms with van der Waals surface area (Å²) in [5, 5.41) is 1.77. The lowest BCUT2D eigenvalue weighted by molar-refractivity contribution is -0.118. The molecule has 4 aromatic rings. The highest BCUT2D eigenvalue weighted by atomic mass is 35.5. The van der Waals surface area contributed by atoms with Gasteiger partial charge in [0, 0.05) is 38.7 Å². The highest BCUT2D eigenvalue weighted by molar-refractivity contribution is 7.22. The van der Waals surface area contributed by atoms with E-state index in [-0.39, 0.29) is 23.7 Å². The maximum Gasteiger partial charge on any atom is 0.233 e. The molecular formula is C25H18ClNO3S. The Morgan fingerprint density at radius 3 is 2.45 bits per heavy atom. The minimum Gasteiger partial charge on any atom is -0.497 e. The maximum atomic E-state index is 13.7. The predicted octanol–water partition coefficient (Wildman–Crippen LogP) is 6.12. The van der Waals surface area contributed by atoms with Gasteiger partial charge >= 0.3 is 0 Å². The second-order valence-electron chi connectivity index (χ2n) is 7.39. The Balaban J connectivity index is 1.79. The molecule has 0 spiro atoms. The SMILES string of the molecule is COc1ccc(C2CC(=O)N(c3ccccc3)c3sc4ccc(Cl)cc4c(=O)c32)cc1. The minimum absolute atomic E-state index is 0.0384. The van der Waals surface area contributed by atoms with Crippen LogP contribution >= 0.6 is 22.9 Å². The van der Waals surface area contributed by atoms with Crippen LogP contribution in [-0.4, -0.2) is 13.0 Å². The number of benzene rings is 3. The molecule has 3 aromatic carbocycles. The predicted molar refractivity (Wildman–Crippen MR) is 126 cm³/mol. The Bertz CT molecular complexity index is 1350. The monoisotopic (exact) mass is 447 g/mol. The van der Waals surface area contributed by atoms with Crippen molar-refractivity contribution in [3.63, 3.8) is 0 Å². The molecule has 1 aliphatic rings. The maximum absolute atomic E-state index is 13.7. The van der Waals surface area contributed by atoms with E-state index in [1.165, 1.54) is 11.3 Å². The fourth-order valence-electron chi connectivity index (χ4n) is 4.08. The highest BCUT2D eigenvalue weighted by Crippen LogP contribution is 2.45. The molecule has 0 saturated heterocycles. The number of fused-ring (bicyclic) bond motifs is 2. The first-order chi connectivity index (χ1) is 15.1. The number of amides is 1.